The second-order valence-corrected chi connectivity index (χ2v) is 3.77. The lowest BCUT2D eigenvalue weighted by atomic mass is 10.0. The summed E-state index contributed by atoms with van der Waals surface area (Å²) in [5.74, 6) is 2.58. The number of nitrogens with one attached hydrogen (secondary N) is 1. The van der Waals surface area contributed by atoms with Crippen molar-refractivity contribution >= 4 is 10.8 Å². The fourth-order valence-electron chi connectivity index (χ4n) is 1.89. The lowest BCUT2D eigenvalue weighted by Crippen LogP contribution is -2.17. The van der Waals surface area contributed by atoms with Crippen LogP contribution in [-0.4, -0.2) is 13.1 Å². The van der Waals surface area contributed by atoms with Gasteiger partial charge in [0.2, 0.25) is 0 Å². The largest absolute Gasteiger partial charge is 0.306 e. The molecule has 2 aromatic carbocycles. The number of hydrogen-bond donors (Lipinski definition) is 1. The molecule has 0 radical (unpaired) electrons. The summed E-state index contributed by atoms with van der Waals surface area (Å²) >= 11 is 0. The van der Waals surface area contributed by atoms with Crippen LogP contribution >= 0.6 is 0 Å². The molecule has 1 heteroatoms. The first kappa shape index (κ1) is 10.7. The minimum atomic E-state index is 0.644. The van der Waals surface area contributed by atoms with Crippen molar-refractivity contribution in [1.82, 2.24) is 5.32 Å². The molecule has 1 nitrogen and oxygen atoms in total. The molecule has 0 saturated heterocycles. The van der Waals surface area contributed by atoms with E-state index in [1.54, 1.807) is 0 Å². The molecule has 0 amide bonds. The Hall–Kier alpha value is -1.78. The average Bonchev–Trinajstić information content (AvgIpc) is 2.35. The Labute approximate surface area is 96.5 Å². The zero-order valence-electron chi connectivity index (χ0n) is 9.24. The molecule has 2 aromatic rings. The van der Waals surface area contributed by atoms with Crippen molar-refractivity contribution in [3.8, 4) is 12.3 Å². The van der Waals surface area contributed by atoms with Crippen LogP contribution in [-0.2, 0) is 6.42 Å². The lowest BCUT2D eigenvalue weighted by Gasteiger charge is -2.06. The zero-order valence-corrected chi connectivity index (χ0v) is 9.24. The highest BCUT2D eigenvalue weighted by Crippen LogP contribution is 2.18. The molecule has 0 atom stereocenters. The van der Waals surface area contributed by atoms with Gasteiger partial charge in [-0.3, -0.25) is 0 Å². The molecular formula is C15H15N. The fraction of sp³-hybridized carbons (Fsp3) is 0.200. The van der Waals surface area contributed by atoms with Crippen molar-refractivity contribution in [3.05, 3.63) is 48.0 Å². The smallest absolute Gasteiger partial charge is 0.0573 e. The van der Waals surface area contributed by atoms with Gasteiger partial charge in [-0.05, 0) is 22.8 Å². The Morgan fingerprint density at radius 2 is 1.88 bits per heavy atom. The molecule has 16 heavy (non-hydrogen) atoms. The third kappa shape index (κ3) is 2.42. The van der Waals surface area contributed by atoms with Crippen LogP contribution in [0.3, 0.4) is 0 Å². The minimum absolute atomic E-state index is 0.644. The second-order valence-electron chi connectivity index (χ2n) is 3.77. The number of fused-ring (bicyclic) bond motifs is 1. The Morgan fingerprint density at radius 1 is 1.06 bits per heavy atom. The highest BCUT2D eigenvalue weighted by Gasteiger charge is 1.98. The third-order valence-corrected chi connectivity index (χ3v) is 2.68. The van der Waals surface area contributed by atoms with Gasteiger partial charge in [-0.15, -0.1) is 6.42 Å². The first-order chi connectivity index (χ1) is 7.92. The van der Waals surface area contributed by atoms with Crippen molar-refractivity contribution in [3.63, 3.8) is 0 Å². The summed E-state index contributed by atoms with van der Waals surface area (Å²) < 4.78 is 0. The van der Waals surface area contributed by atoms with Crippen LogP contribution in [0.1, 0.15) is 5.56 Å². The summed E-state index contributed by atoms with van der Waals surface area (Å²) in [5, 5.41) is 5.86. The van der Waals surface area contributed by atoms with Gasteiger partial charge in [-0.1, -0.05) is 48.4 Å². The van der Waals surface area contributed by atoms with Crippen LogP contribution in [0.15, 0.2) is 42.5 Å². The number of benzene rings is 2. The predicted molar refractivity (Wildman–Crippen MR) is 69.4 cm³/mol. The van der Waals surface area contributed by atoms with Crippen LogP contribution < -0.4 is 5.32 Å². The van der Waals surface area contributed by atoms with Gasteiger partial charge < -0.3 is 5.32 Å². The maximum Gasteiger partial charge on any atom is 0.0573 e. The number of rotatable bonds is 4. The van der Waals surface area contributed by atoms with Crippen LogP contribution in [0.4, 0.5) is 0 Å². The number of hydrogen-bond acceptors (Lipinski definition) is 1. The Kier molecular flexibility index (Phi) is 3.58. The van der Waals surface area contributed by atoms with Crippen molar-refractivity contribution in [2.45, 2.75) is 6.42 Å². The molecular weight excluding hydrogens is 194 g/mol. The van der Waals surface area contributed by atoms with Crippen molar-refractivity contribution in [1.29, 1.82) is 0 Å². The molecule has 2 rings (SSSR count). The maximum atomic E-state index is 5.19. The molecule has 1 N–H and O–H groups in total. The first-order valence-electron chi connectivity index (χ1n) is 5.52. The summed E-state index contributed by atoms with van der Waals surface area (Å²) in [5.41, 5.74) is 1.38. The van der Waals surface area contributed by atoms with E-state index in [1.807, 2.05) is 0 Å². The van der Waals surface area contributed by atoms with Gasteiger partial charge in [0.05, 0.1) is 6.54 Å². The van der Waals surface area contributed by atoms with Crippen molar-refractivity contribution in [2.24, 2.45) is 0 Å². The molecule has 0 bridgehead atoms. The summed E-state index contributed by atoms with van der Waals surface area (Å²) in [6.07, 6.45) is 6.20. The van der Waals surface area contributed by atoms with Gasteiger partial charge in [0.1, 0.15) is 0 Å². The molecule has 0 aromatic heterocycles. The predicted octanol–water partition coefficient (Wildman–Crippen LogP) is 2.61. The van der Waals surface area contributed by atoms with Gasteiger partial charge in [-0.25, -0.2) is 0 Å². The third-order valence-electron chi connectivity index (χ3n) is 2.68. The van der Waals surface area contributed by atoms with E-state index in [9.17, 15) is 0 Å². The van der Waals surface area contributed by atoms with Gasteiger partial charge in [0, 0.05) is 6.54 Å². The summed E-state index contributed by atoms with van der Waals surface area (Å²) in [6.45, 7) is 1.57. The SMILES string of the molecule is C#CCNCCc1cccc2ccccc12. The van der Waals surface area contributed by atoms with E-state index in [1.165, 1.54) is 16.3 Å². The molecule has 0 aliphatic rings. The topological polar surface area (TPSA) is 12.0 Å². The molecule has 0 saturated carbocycles. The van der Waals surface area contributed by atoms with Crippen LogP contribution in [0.5, 0.6) is 0 Å². The second kappa shape index (κ2) is 5.34. The van der Waals surface area contributed by atoms with E-state index in [0.717, 1.165) is 13.0 Å². The van der Waals surface area contributed by atoms with Crippen LogP contribution in [0.2, 0.25) is 0 Å². The van der Waals surface area contributed by atoms with E-state index < -0.39 is 0 Å². The van der Waals surface area contributed by atoms with E-state index in [-0.39, 0.29) is 0 Å². The minimum Gasteiger partial charge on any atom is -0.306 e. The van der Waals surface area contributed by atoms with E-state index in [2.05, 4.69) is 53.7 Å². The van der Waals surface area contributed by atoms with Gasteiger partial charge in [0.15, 0.2) is 0 Å². The summed E-state index contributed by atoms with van der Waals surface area (Å²) in [7, 11) is 0. The lowest BCUT2D eigenvalue weighted by molar-refractivity contribution is 0.756. The van der Waals surface area contributed by atoms with Gasteiger partial charge in [-0.2, -0.15) is 0 Å². The van der Waals surface area contributed by atoms with Gasteiger partial charge in [0.25, 0.3) is 0 Å². The van der Waals surface area contributed by atoms with E-state index in [4.69, 9.17) is 6.42 Å². The Balaban J connectivity index is 2.15. The Bertz CT molecular complexity index is 503. The standard InChI is InChI=1S/C15H15N/c1-2-11-16-12-10-14-8-5-7-13-6-3-4-9-15(13)14/h1,3-9,16H,10-12H2. The summed E-state index contributed by atoms with van der Waals surface area (Å²) in [4.78, 5) is 0. The van der Waals surface area contributed by atoms with E-state index in [0.29, 0.717) is 6.54 Å². The monoisotopic (exact) mass is 209 g/mol. The molecule has 80 valence electrons. The number of terminal acetylenes is 1. The van der Waals surface area contributed by atoms with Crippen LogP contribution in [0.25, 0.3) is 10.8 Å². The normalized spacial score (nSPS) is 10.2. The maximum absolute atomic E-state index is 5.19. The zero-order chi connectivity index (χ0) is 11.2. The molecule has 0 aliphatic heterocycles. The molecule has 0 fully saturated rings. The molecule has 0 aliphatic carbocycles. The molecule has 0 heterocycles. The average molecular weight is 209 g/mol. The van der Waals surface area contributed by atoms with Crippen LogP contribution in [0, 0.1) is 12.3 Å². The molecule has 0 spiro atoms. The van der Waals surface area contributed by atoms with Gasteiger partial charge >= 0.3 is 0 Å². The highest BCUT2D eigenvalue weighted by molar-refractivity contribution is 5.85. The summed E-state index contributed by atoms with van der Waals surface area (Å²) in [6, 6.07) is 14.9. The van der Waals surface area contributed by atoms with E-state index >= 15 is 0 Å². The first-order valence-corrected chi connectivity index (χ1v) is 5.52. The highest BCUT2D eigenvalue weighted by atomic mass is 14.8. The quantitative estimate of drug-likeness (QED) is 0.603. The fourth-order valence-corrected chi connectivity index (χ4v) is 1.89. The van der Waals surface area contributed by atoms with Crippen molar-refractivity contribution < 1.29 is 0 Å². The van der Waals surface area contributed by atoms with Crippen molar-refractivity contribution in [2.75, 3.05) is 13.1 Å². The Morgan fingerprint density at radius 3 is 2.75 bits per heavy atom. The molecule has 0 unspecified atom stereocenters.